The highest BCUT2D eigenvalue weighted by atomic mass is 16.3. The van der Waals surface area contributed by atoms with Crippen molar-refractivity contribution in [3.8, 4) is 0 Å². The van der Waals surface area contributed by atoms with Crippen molar-refractivity contribution >= 4 is 6.21 Å². The van der Waals surface area contributed by atoms with Gasteiger partial charge in [0.05, 0.1) is 0 Å². The highest BCUT2D eigenvalue weighted by Crippen LogP contribution is 2.02. The van der Waals surface area contributed by atoms with Gasteiger partial charge >= 0.3 is 0 Å². The quantitative estimate of drug-likeness (QED) is 0.488. The van der Waals surface area contributed by atoms with Crippen molar-refractivity contribution < 1.29 is 5.11 Å². The largest absolute Gasteiger partial charge is 0.355 e. The fourth-order valence-corrected chi connectivity index (χ4v) is 0.624. The molecular weight excluding hydrogens is 116 g/mol. The maximum absolute atomic E-state index is 8.85. The second kappa shape index (κ2) is 2.19. The van der Waals surface area contributed by atoms with Gasteiger partial charge in [0.15, 0.2) is 0 Å². The summed E-state index contributed by atoms with van der Waals surface area (Å²) in [5.41, 5.74) is 2.05. The Labute approximate surface area is 54.1 Å². The maximum Gasteiger partial charge on any atom is 0.222 e. The molecule has 0 aliphatic carbocycles. The Morgan fingerprint density at radius 1 is 1.67 bits per heavy atom. The second-order valence-corrected chi connectivity index (χ2v) is 2.10. The van der Waals surface area contributed by atoms with Gasteiger partial charge < -0.3 is 10.4 Å². The molecule has 1 aliphatic heterocycles. The highest BCUT2D eigenvalue weighted by molar-refractivity contribution is 5.79. The molecule has 3 nitrogen and oxygen atoms in total. The Morgan fingerprint density at radius 2 is 2.33 bits per heavy atom. The van der Waals surface area contributed by atoms with E-state index in [1.807, 2.05) is 13.8 Å². The van der Waals surface area contributed by atoms with E-state index in [4.69, 9.17) is 5.11 Å². The van der Waals surface area contributed by atoms with Gasteiger partial charge in [0.2, 0.25) is 6.35 Å². The van der Waals surface area contributed by atoms with E-state index in [0.717, 1.165) is 11.3 Å². The van der Waals surface area contributed by atoms with Crippen LogP contribution in [-0.2, 0) is 0 Å². The molecule has 0 saturated heterocycles. The van der Waals surface area contributed by atoms with Crippen LogP contribution in [0.3, 0.4) is 0 Å². The number of rotatable bonds is 0. The molecule has 1 aliphatic rings. The third kappa shape index (κ3) is 1.29. The highest BCUT2D eigenvalue weighted by Gasteiger charge is 2.05. The molecule has 0 aromatic heterocycles. The number of nitrogens with one attached hydrogen (secondary N) is 1. The van der Waals surface area contributed by atoms with E-state index in [0.29, 0.717) is 0 Å². The van der Waals surface area contributed by atoms with Crippen molar-refractivity contribution in [2.75, 3.05) is 0 Å². The molecule has 9 heavy (non-hydrogen) atoms. The summed E-state index contributed by atoms with van der Waals surface area (Å²) in [5, 5.41) is 11.6. The van der Waals surface area contributed by atoms with Gasteiger partial charge in [0.25, 0.3) is 0 Å². The lowest BCUT2D eigenvalue weighted by Gasteiger charge is -2.15. The van der Waals surface area contributed by atoms with Crippen LogP contribution in [0.5, 0.6) is 0 Å². The van der Waals surface area contributed by atoms with Crippen molar-refractivity contribution in [2.45, 2.75) is 20.2 Å². The van der Waals surface area contributed by atoms with Crippen LogP contribution in [-0.4, -0.2) is 17.7 Å². The van der Waals surface area contributed by atoms with Crippen LogP contribution >= 0.6 is 0 Å². The molecular formula is C6H10N2O. The smallest absolute Gasteiger partial charge is 0.222 e. The Morgan fingerprint density at radius 3 is 2.78 bits per heavy atom. The summed E-state index contributed by atoms with van der Waals surface area (Å²) in [6, 6.07) is 0. The monoisotopic (exact) mass is 126 g/mol. The van der Waals surface area contributed by atoms with Crippen LogP contribution < -0.4 is 5.32 Å². The first kappa shape index (κ1) is 6.29. The standard InChI is InChI=1S/C6H10N2O/c1-4-3-7-6(9)8-5(4)2/h3,6,8-9H,1-2H3. The number of allylic oxidation sites excluding steroid dienone is 2. The van der Waals surface area contributed by atoms with Gasteiger partial charge in [-0.15, -0.1) is 0 Å². The Kier molecular flexibility index (Phi) is 1.53. The lowest BCUT2D eigenvalue weighted by Crippen LogP contribution is -2.28. The molecule has 50 valence electrons. The Hall–Kier alpha value is -0.830. The van der Waals surface area contributed by atoms with Crippen molar-refractivity contribution in [3.05, 3.63) is 11.3 Å². The summed E-state index contributed by atoms with van der Waals surface area (Å²) in [5.74, 6) is 0. The number of aliphatic hydroxyl groups excluding tert-OH is 1. The van der Waals surface area contributed by atoms with E-state index >= 15 is 0 Å². The SMILES string of the molecule is CC1=C(C)NC(O)N=C1. The van der Waals surface area contributed by atoms with Crippen LogP contribution in [0.25, 0.3) is 0 Å². The van der Waals surface area contributed by atoms with Gasteiger partial charge in [-0.1, -0.05) is 0 Å². The molecule has 0 aromatic rings. The summed E-state index contributed by atoms with van der Waals surface area (Å²) in [7, 11) is 0. The van der Waals surface area contributed by atoms with E-state index in [2.05, 4.69) is 10.3 Å². The second-order valence-electron chi connectivity index (χ2n) is 2.10. The minimum absolute atomic E-state index is 0.742. The molecule has 0 saturated carbocycles. The van der Waals surface area contributed by atoms with Gasteiger partial charge in [-0.2, -0.15) is 0 Å². The number of hydrogen-bond acceptors (Lipinski definition) is 3. The van der Waals surface area contributed by atoms with E-state index in [-0.39, 0.29) is 0 Å². The topological polar surface area (TPSA) is 44.6 Å². The van der Waals surface area contributed by atoms with E-state index in [1.165, 1.54) is 0 Å². The van der Waals surface area contributed by atoms with Gasteiger partial charge in [-0.25, -0.2) is 4.99 Å². The van der Waals surface area contributed by atoms with E-state index in [1.54, 1.807) is 6.21 Å². The molecule has 0 fully saturated rings. The predicted molar refractivity (Wildman–Crippen MR) is 36.0 cm³/mol. The summed E-state index contributed by atoms with van der Waals surface area (Å²) in [4.78, 5) is 3.72. The van der Waals surface area contributed by atoms with Crippen LogP contribution in [0.2, 0.25) is 0 Å². The zero-order valence-corrected chi connectivity index (χ0v) is 5.55. The first-order chi connectivity index (χ1) is 4.20. The van der Waals surface area contributed by atoms with Crippen LogP contribution in [0, 0.1) is 0 Å². The minimum atomic E-state index is -0.742. The predicted octanol–water partition coefficient (Wildman–Crippen LogP) is 0.230. The molecule has 1 rings (SSSR count). The third-order valence-corrected chi connectivity index (χ3v) is 1.35. The molecule has 1 atom stereocenters. The van der Waals surface area contributed by atoms with Gasteiger partial charge in [-0.3, -0.25) is 0 Å². The molecule has 1 unspecified atom stereocenters. The van der Waals surface area contributed by atoms with E-state index < -0.39 is 6.35 Å². The minimum Gasteiger partial charge on any atom is -0.355 e. The first-order valence-corrected chi connectivity index (χ1v) is 2.85. The Balaban J connectivity index is 2.75. The lowest BCUT2D eigenvalue weighted by molar-refractivity contribution is 0.157. The third-order valence-electron chi connectivity index (χ3n) is 1.35. The van der Waals surface area contributed by atoms with E-state index in [9.17, 15) is 0 Å². The van der Waals surface area contributed by atoms with Gasteiger partial charge in [0.1, 0.15) is 0 Å². The average molecular weight is 126 g/mol. The molecule has 0 bridgehead atoms. The normalized spacial score (nSPS) is 26.3. The zero-order chi connectivity index (χ0) is 6.85. The summed E-state index contributed by atoms with van der Waals surface area (Å²) < 4.78 is 0. The summed E-state index contributed by atoms with van der Waals surface area (Å²) >= 11 is 0. The van der Waals surface area contributed by atoms with Crippen molar-refractivity contribution in [1.82, 2.24) is 5.32 Å². The summed E-state index contributed by atoms with van der Waals surface area (Å²) in [6.45, 7) is 3.85. The maximum atomic E-state index is 8.85. The zero-order valence-electron chi connectivity index (χ0n) is 5.55. The summed E-state index contributed by atoms with van der Waals surface area (Å²) in [6.07, 6.45) is 0.921. The number of hydrogen-bond donors (Lipinski definition) is 2. The molecule has 1 heterocycles. The molecule has 2 N–H and O–H groups in total. The van der Waals surface area contributed by atoms with Gasteiger partial charge in [-0.05, 0) is 19.4 Å². The number of nitrogens with zero attached hydrogens (tertiary/aromatic N) is 1. The number of aliphatic hydroxyl groups is 1. The van der Waals surface area contributed by atoms with Crippen LogP contribution in [0.1, 0.15) is 13.8 Å². The lowest BCUT2D eigenvalue weighted by atomic mass is 10.2. The van der Waals surface area contributed by atoms with Crippen molar-refractivity contribution in [3.63, 3.8) is 0 Å². The van der Waals surface area contributed by atoms with Crippen molar-refractivity contribution in [1.29, 1.82) is 0 Å². The van der Waals surface area contributed by atoms with Gasteiger partial charge in [0, 0.05) is 11.9 Å². The average Bonchev–Trinajstić information content (AvgIpc) is 1.80. The number of aliphatic imine (C=N–C) groups is 1. The fraction of sp³-hybridized carbons (Fsp3) is 0.500. The molecule has 0 amide bonds. The molecule has 0 aromatic carbocycles. The Bertz CT molecular complexity index is 172. The fourth-order valence-electron chi connectivity index (χ4n) is 0.624. The molecule has 0 radical (unpaired) electrons. The van der Waals surface area contributed by atoms with Crippen LogP contribution in [0.4, 0.5) is 0 Å². The first-order valence-electron chi connectivity index (χ1n) is 2.85. The molecule has 3 heteroatoms. The van der Waals surface area contributed by atoms with Crippen LogP contribution in [0.15, 0.2) is 16.3 Å². The molecule has 0 spiro atoms. The van der Waals surface area contributed by atoms with Crippen molar-refractivity contribution in [2.24, 2.45) is 4.99 Å².